The van der Waals surface area contributed by atoms with Crippen LogP contribution in [-0.2, 0) is 0 Å². The summed E-state index contributed by atoms with van der Waals surface area (Å²) in [7, 11) is 0. The number of rotatable bonds is 5. The van der Waals surface area contributed by atoms with Crippen molar-refractivity contribution < 1.29 is 0 Å². The maximum Gasteiger partial charge on any atom is 0.0100 e. The maximum atomic E-state index is 3.69. The lowest BCUT2D eigenvalue weighted by Crippen LogP contribution is -2.38. The average Bonchev–Trinajstić information content (AvgIpc) is 2.50. The van der Waals surface area contributed by atoms with Crippen molar-refractivity contribution in [3.63, 3.8) is 0 Å². The predicted molar refractivity (Wildman–Crippen MR) is 63.4 cm³/mol. The molecule has 0 aromatic carbocycles. The topological polar surface area (TPSA) is 12.0 Å². The molecule has 1 saturated carbocycles. The SMILES string of the molecule is CCNC(CC(C)C)C1CCCC1C. The van der Waals surface area contributed by atoms with Gasteiger partial charge >= 0.3 is 0 Å². The van der Waals surface area contributed by atoms with E-state index >= 15 is 0 Å². The molecule has 0 amide bonds. The first-order valence-electron chi connectivity index (χ1n) is 6.38. The van der Waals surface area contributed by atoms with E-state index < -0.39 is 0 Å². The molecular weight excluding hydrogens is 170 g/mol. The molecule has 1 aliphatic carbocycles. The van der Waals surface area contributed by atoms with Gasteiger partial charge in [0, 0.05) is 6.04 Å². The molecule has 0 spiro atoms. The third kappa shape index (κ3) is 3.27. The molecule has 1 nitrogen and oxygen atoms in total. The van der Waals surface area contributed by atoms with Crippen LogP contribution >= 0.6 is 0 Å². The molecule has 0 saturated heterocycles. The molecule has 1 rings (SSSR count). The molecule has 1 N–H and O–H groups in total. The second kappa shape index (κ2) is 5.75. The number of hydrogen-bond acceptors (Lipinski definition) is 1. The van der Waals surface area contributed by atoms with Crippen LogP contribution in [0.5, 0.6) is 0 Å². The van der Waals surface area contributed by atoms with E-state index in [1.807, 2.05) is 0 Å². The summed E-state index contributed by atoms with van der Waals surface area (Å²) in [5, 5.41) is 3.69. The summed E-state index contributed by atoms with van der Waals surface area (Å²) in [6.45, 7) is 10.5. The zero-order valence-electron chi connectivity index (χ0n) is 10.3. The quantitative estimate of drug-likeness (QED) is 0.712. The zero-order valence-corrected chi connectivity index (χ0v) is 10.3. The minimum atomic E-state index is 0.775. The molecule has 0 radical (unpaired) electrons. The molecule has 0 aromatic rings. The Labute approximate surface area is 89.7 Å². The van der Waals surface area contributed by atoms with Crippen molar-refractivity contribution >= 4 is 0 Å². The highest BCUT2D eigenvalue weighted by molar-refractivity contribution is 4.85. The predicted octanol–water partition coefficient (Wildman–Crippen LogP) is 3.45. The Morgan fingerprint density at radius 3 is 2.43 bits per heavy atom. The second-order valence-corrected chi connectivity index (χ2v) is 5.37. The molecule has 1 fully saturated rings. The second-order valence-electron chi connectivity index (χ2n) is 5.37. The smallest absolute Gasteiger partial charge is 0.0100 e. The maximum absolute atomic E-state index is 3.69. The van der Waals surface area contributed by atoms with Crippen LogP contribution in [0.3, 0.4) is 0 Å². The van der Waals surface area contributed by atoms with Gasteiger partial charge < -0.3 is 5.32 Å². The molecule has 1 heteroatoms. The van der Waals surface area contributed by atoms with Gasteiger partial charge in [0.15, 0.2) is 0 Å². The first-order valence-corrected chi connectivity index (χ1v) is 6.38. The lowest BCUT2D eigenvalue weighted by molar-refractivity contribution is 0.265. The van der Waals surface area contributed by atoms with Crippen LogP contribution < -0.4 is 5.32 Å². The molecule has 84 valence electrons. The van der Waals surface area contributed by atoms with Crippen LogP contribution in [0, 0.1) is 17.8 Å². The van der Waals surface area contributed by atoms with Gasteiger partial charge in [-0.2, -0.15) is 0 Å². The number of hydrogen-bond donors (Lipinski definition) is 1. The van der Waals surface area contributed by atoms with Gasteiger partial charge in [0.25, 0.3) is 0 Å². The Morgan fingerprint density at radius 2 is 2.00 bits per heavy atom. The molecule has 3 atom stereocenters. The van der Waals surface area contributed by atoms with Gasteiger partial charge in [0.2, 0.25) is 0 Å². The summed E-state index contributed by atoms with van der Waals surface area (Å²) < 4.78 is 0. The Hall–Kier alpha value is -0.0400. The average molecular weight is 197 g/mol. The summed E-state index contributed by atoms with van der Waals surface area (Å²) in [5.74, 6) is 2.71. The van der Waals surface area contributed by atoms with Crippen LogP contribution in [-0.4, -0.2) is 12.6 Å². The standard InChI is InChI=1S/C13H27N/c1-5-14-13(9-10(2)3)12-8-6-7-11(12)4/h10-14H,5-9H2,1-4H3. The van der Waals surface area contributed by atoms with Gasteiger partial charge in [-0.3, -0.25) is 0 Å². The van der Waals surface area contributed by atoms with Crippen molar-refractivity contribution in [2.24, 2.45) is 17.8 Å². The van der Waals surface area contributed by atoms with Gasteiger partial charge in [-0.25, -0.2) is 0 Å². The van der Waals surface area contributed by atoms with Crippen LogP contribution in [0.4, 0.5) is 0 Å². The van der Waals surface area contributed by atoms with E-state index in [4.69, 9.17) is 0 Å². The van der Waals surface area contributed by atoms with Crippen molar-refractivity contribution in [2.45, 2.75) is 59.4 Å². The van der Waals surface area contributed by atoms with Gasteiger partial charge in [0.1, 0.15) is 0 Å². The Kier molecular flexibility index (Phi) is 4.94. The zero-order chi connectivity index (χ0) is 10.6. The summed E-state index contributed by atoms with van der Waals surface area (Å²) in [5.41, 5.74) is 0. The van der Waals surface area contributed by atoms with E-state index in [2.05, 4.69) is 33.0 Å². The highest BCUT2D eigenvalue weighted by atomic mass is 14.9. The minimum Gasteiger partial charge on any atom is -0.314 e. The highest BCUT2D eigenvalue weighted by Gasteiger charge is 2.30. The van der Waals surface area contributed by atoms with E-state index in [0.29, 0.717) is 0 Å². The lowest BCUT2D eigenvalue weighted by atomic mass is 9.85. The van der Waals surface area contributed by atoms with E-state index in [1.54, 1.807) is 0 Å². The van der Waals surface area contributed by atoms with E-state index in [-0.39, 0.29) is 0 Å². The molecule has 1 aliphatic rings. The molecule has 14 heavy (non-hydrogen) atoms. The van der Waals surface area contributed by atoms with Crippen molar-refractivity contribution in [2.75, 3.05) is 6.54 Å². The number of nitrogens with one attached hydrogen (secondary N) is 1. The summed E-state index contributed by atoms with van der Waals surface area (Å²) in [4.78, 5) is 0. The fourth-order valence-corrected chi connectivity index (χ4v) is 2.95. The van der Waals surface area contributed by atoms with Crippen LogP contribution in [0.1, 0.15) is 53.4 Å². The van der Waals surface area contributed by atoms with Crippen LogP contribution in [0.25, 0.3) is 0 Å². The summed E-state index contributed by atoms with van der Waals surface area (Å²) in [6.07, 6.45) is 5.70. The van der Waals surface area contributed by atoms with Crippen molar-refractivity contribution in [3.05, 3.63) is 0 Å². The van der Waals surface area contributed by atoms with Gasteiger partial charge in [0.05, 0.1) is 0 Å². The van der Waals surface area contributed by atoms with E-state index in [9.17, 15) is 0 Å². The summed E-state index contributed by atoms with van der Waals surface area (Å²) in [6, 6.07) is 0.775. The molecule has 3 unspecified atom stereocenters. The first-order chi connectivity index (χ1) is 6.65. The monoisotopic (exact) mass is 197 g/mol. The van der Waals surface area contributed by atoms with E-state index in [0.717, 1.165) is 30.3 Å². The lowest BCUT2D eigenvalue weighted by Gasteiger charge is -2.29. The van der Waals surface area contributed by atoms with Crippen LogP contribution in [0.15, 0.2) is 0 Å². The molecular formula is C13H27N. The Balaban J connectivity index is 2.47. The molecule has 0 bridgehead atoms. The van der Waals surface area contributed by atoms with Gasteiger partial charge in [-0.05, 0) is 37.1 Å². The van der Waals surface area contributed by atoms with Gasteiger partial charge in [-0.15, -0.1) is 0 Å². The molecule has 0 aromatic heterocycles. The van der Waals surface area contributed by atoms with Gasteiger partial charge in [-0.1, -0.05) is 40.5 Å². The Bertz CT molecular complexity index is 153. The van der Waals surface area contributed by atoms with Crippen molar-refractivity contribution in [1.82, 2.24) is 5.32 Å². The normalized spacial score (nSPS) is 29.8. The molecule has 0 aliphatic heterocycles. The van der Waals surface area contributed by atoms with Crippen LogP contribution in [0.2, 0.25) is 0 Å². The van der Waals surface area contributed by atoms with Crippen molar-refractivity contribution in [3.8, 4) is 0 Å². The summed E-state index contributed by atoms with van der Waals surface area (Å²) >= 11 is 0. The highest BCUT2D eigenvalue weighted by Crippen LogP contribution is 2.35. The minimum absolute atomic E-state index is 0.775. The van der Waals surface area contributed by atoms with E-state index in [1.165, 1.54) is 25.7 Å². The fourth-order valence-electron chi connectivity index (χ4n) is 2.95. The third-order valence-corrected chi connectivity index (χ3v) is 3.64. The fraction of sp³-hybridized carbons (Fsp3) is 1.00. The van der Waals surface area contributed by atoms with Crippen molar-refractivity contribution in [1.29, 1.82) is 0 Å². The first kappa shape index (κ1) is 12.0. The molecule has 0 heterocycles. The third-order valence-electron chi connectivity index (χ3n) is 3.64. The largest absolute Gasteiger partial charge is 0.314 e. The Morgan fingerprint density at radius 1 is 1.29 bits per heavy atom.